The van der Waals surface area contributed by atoms with Gasteiger partial charge in [0.25, 0.3) is 5.89 Å². The van der Waals surface area contributed by atoms with Crippen LogP contribution in [0.25, 0.3) is 11.5 Å². The second-order valence-corrected chi connectivity index (χ2v) is 6.51. The number of rotatable bonds is 5. The Morgan fingerprint density at radius 3 is 2.71 bits per heavy atom. The van der Waals surface area contributed by atoms with Crippen LogP contribution in [0.3, 0.4) is 0 Å². The lowest BCUT2D eigenvalue weighted by Crippen LogP contribution is -2.35. The number of benzene rings is 2. The van der Waals surface area contributed by atoms with Crippen molar-refractivity contribution in [1.82, 2.24) is 10.2 Å². The molecule has 0 aliphatic carbocycles. The van der Waals surface area contributed by atoms with Crippen LogP contribution in [0.2, 0.25) is 5.02 Å². The molecule has 144 valence electrons. The van der Waals surface area contributed by atoms with E-state index in [9.17, 15) is 14.6 Å². The molecule has 7 nitrogen and oxygen atoms in total. The number of nitriles is 1. The van der Waals surface area contributed by atoms with Gasteiger partial charge < -0.3 is 19.9 Å². The van der Waals surface area contributed by atoms with Crippen LogP contribution < -0.4 is 5.32 Å². The summed E-state index contributed by atoms with van der Waals surface area (Å²) in [5, 5.41) is 40.3. The maximum Gasteiger partial charge on any atom is 0.269 e. The number of hydrogen-bond donors (Lipinski definition) is 3. The quantitative estimate of drug-likeness (QED) is 0.550. The first-order chi connectivity index (χ1) is 13.3. The number of aromatic hydroxyl groups is 1. The minimum atomic E-state index is -1.72. The van der Waals surface area contributed by atoms with Gasteiger partial charge in [0.1, 0.15) is 6.07 Å². The van der Waals surface area contributed by atoms with Gasteiger partial charge in [-0.3, -0.25) is 0 Å². The van der Waals surface area contributed by atoms with E-state index in [0.29, 0.717) is 16.8 Å². The van der Waals surface area contributed by atoms with Gasteiger partial charge in [0.2, 0.25) is 11.6 Å². The highest BCUT2D eigenvalue weighted by Crippen LogP contribution is 2.33. The van der Waals surface area contributed by atoms with E-state index in [2.05, 4.69) is 15.5 Å². The molecule has 3 N–H and O–H groups in total. The van der Waals surface area contributed by atoms with Crippen LogP contribution in [-0.2, 0) is 5.72 Å². The van der Waals surface area contributed by atoms with Gasteiger partial charge >= 0.3 is 0 Å². The van der Waals surface area contributed by atoms with Gasteiger partial charge in [-0.15, -0.1) is 10.2 Å². The molecule has 0 amide bonds. The number of anilines is 1. The van der Waals surface area contributed by atoms with Crippen molar-refractivity contribution in [3.63, 3.8) is 0 Å². The molecule has 0 radical (unpaired) electrons. The maximum absolute atomic E-state index is 13.6. The maximum atomic E-state index is 13.6. The second-order valence-electron chi connectivity index (χ2n) is 6.13. The van der Waals surface area contributed by atoms with Gasteiger partial charge in [-0.1, -0.05) is 18.5 Å². The Morgan fingerprint density at radius 1 is 1.32 bits per heavy atom. The molecule has 1 heterocycles. The van der Waals surface area contributed by atoms with Crippen molar-refractivity contribution >= 4 is 17.3 Å². The number of nitrogens with one attached hydrogen (secondary N) is 1. The molecule has 0 fully saturated rings. The highest BCUT2D eigenvalue weighted by molar-refractivity contribution is 6.32. The number of phenolic OH excluding ortho intramolecular Hbond substituents is 1. The number of halogens is 2. The molecule has 0 saturated carbocycles. The summed E-state index contributed by atoms with van der Waals surface area (Å²) in [6, 6.07) is 8.78. The zero-order chi connectivity index (χ0) is 20.5. The Bertz CT molecular complexity index is 1080. The molecular weight excluding hydrogens is 387 g/mol. The number of aliphatic hydroxyl groups is 1. The first-order valence-electron chi connectivity index (χ1n) is 8.31. The van der Waals surface area contributed by atoms with Crippen molar-refractivity contribution in [2.75, 3.05) is 5.32 Å². The fraction of sp³-hybridized carbons (Fsp3) is 0.211. The topological polar surface area (TPSA) is 115 Å². The molecule has 2 aromatic carbocycles. The summed E-state index contributed by atoms with van der Waals surface area (Å²) in [7, 11) is 0. The first kappa shape index (κ1) is 19.6. The Balaban J connectivity index is 1.95. The van der Waals surface area contributed by atoms with Crippen LogP contribution in [0.1, 0.15) is 30.4 Å². The van der Waals surface area contributed by atoms with E-state index in [1.54, 1.807) is 19.9 Å². The van der Waals surface area contributed by atoms with Gasteiger partial charge in [0.15, 0.2) is 11.6 Å². The van der Waals surface area contributed by atoms with Gasteiger partial charge in [-0.2, -0.15) is 5.26 Å². The van der Waals surface area contributed by atoms with Crippen LogP contribution in [0.4, 0.5) is 10.1 Å². The Morgan fingerprint density at radius 2 is 2.07 bits per heavy atom. The lowest BCUT2D eigenvalue weighted by Gasteiger charge is -2.26. The fourth-order valence-electron chi connectivity index (χ4n) is 2.57. The van der Waals surface area contributed by atoms with Gasteiger partial charge in [0.05, 0.1) is 10.6 Å². The molecule has 1 aromatic heterocycles. The third-order valence-corrected chi connectivity index (χ3v) is 4.82. The summed E-state index contributed by atoms with van der Waals surface area (Å²) in [4.78, 5) is 0. The van der Waals surface area contributed by atoms with E-state index in [0.717, 1.165) is 6.07 Å². The summed E-state index contributed by atoms with van der Waals surface area (Å²) < 4.78 is 19.1. The molecule has 0 bridgehead atoms. The van der Waals surface area contributed by atoms with Crippen molar-refractivity contribution in [3.05, 3.63) is 58.2 Å². The van der Waals surface area contributed by atoms with Crippen molar-refractivity contribution < 1.29 is 19.0 Å². The predicted molar refractivity (Wildman–Crippen MR) is 100 cm³/mol. The van der Waals surface area contributed by atoms with E-state index < -0.39 is 17.3 Å². The summed E-state index contributed by atoms with van der Waals surface area (Å²) in [6.45, 7) is 3.41. The highest BCUT2D eigenvalue weighted by Gasteiger charge is 2.34. The van der Waals surface area contributed by atoms with Crippen molar-refractivity contribution in [1.29, 1.82) is 5.26 Å². The molecule has 0 saturated heterocycles. The van der Waals surface area contributed by atoms with E-state index in [1.807, 2.05) is 6.07 Å². The van der Waals surface area contributed by atoms with Crippen molar-refractivity contribution in [2.24, 2.45) is 0 Å². The van der Waals surface area contributed by atoms with Gasteiger partial charge in [-0.05, 0) is 42.8 Å². The third-order valence-electron chi connectivity index (χ3n) is 4.33. The summed E-state index contributed by atoms with van der Waals surface area (Å²) >= 11 is 6.18. The number of aromatic nitrogens is 2. The molecule has 28 heavy (non-hydrogen) atoms. The normalized spacial score (nSPS) is 13.0. The average molecular weight is 403 g/mol. The Labute approximate surface area is 165 Å². The molecule has 9 heteroatoms. The van der Waals surface area contributed by atoms with E-state index >= 15 is 0 Å². The number of nitrogens with zero attached hydrogens (tertiary/aromatic N) is 3. The first-order valence-corrected chi connectivity index (χ1v) is 8.69. The van der Waals surface area contributed by atoms with E-state index in [1.165, 1.54) is 18.2 Å². The zero-order valence-corrected chi connectivity index (χ0v) is 15.8. The van der Waals surface area contributed by atoms with Crippen LogP contribution in [0, 0.1) is 24.1 Å². The minimum absolute atomic E-state index is 0.0165. The average Bonchev–Trinajstić information content (AvgIpc) is 3.19. The van der Waals surface area contributed by atoms with Crippen molar-refractivity contribution in [2.45, 2.75) is 26.0 Å². The SMILES string of the molecule is CCC(O)(Nc1ccc(C#N)c(Cl)c1C)c1nnc(-c2ccc(O)c(F)c2)o1. The summed E-state index contributed by atoms with van der Waals surface area (Å²) in [5.74, 6) is -1.47. The molecule has 0 aliphatic rings. The molecule has 0 aliphatic heterocycles. The van der Waals surface area contributed by atoms with E-state index in [4.69, 9.17) is 21.3 Å². The lowest BCUT2D eigenvalue weighted by atomic mass is 10.1. The molecule has 0 spiro atoms. The minimum Gasteiger partial charge on any atom is -0.505 e. The Kier molecular flexibility index (Phi) is 5.23. The third kappa shape index (κ3) is 3.50. The summed E-state index contributed by atoms with van der Waals surface area (Å²) in [5.41, 5.74) is -0.0795. The Hall–Kier alpha value is -3.15. The second kappa shape index (κ2) is 7.46. The lowest BCUT2D eigenvalue weighted by molar-refractivity contribution is 0.0347. The molecule has 3 aromatic rings. The zero-order valence-electron chi connectivity index (χ0n) is 15.0. The smallest absolute Gasteiger partial charge is 0.269 e. The summed E-state index contributed by atoms with van der Waals surface area (Å²) in [6.07, 6.45) is 0.162. The van der Waals surface area contributed by atoms with Crippen LogP contribution >= 0.6 is 11.6 Å². The van der Waals surface area contributed by atoms with Gasteiger partial charge in [-0.25, -0.2) is 4.39 Å². The number of phenols is 1. The number of hydrogen-bond acceptors (Lipinski definition) is 7. The fourth-order valence-corrected chi connectivity index (χ4v) is 2.78. The van der Waals surface area contributed by atoms with Crippen molar-refractivity contribution in [3.8, 4) is 23.3 Å². The largest absolute Gasteiger partial charge is 0.505 e. The van der Waals surface area contributed by atoms with Crippen LogP contribution in [0.5, 0.6) is 5.75 Å². The van der Waals surface area contributed by atoms with Crippen LogP contribution in [0.15, 0.2) is 34.7 Å². The molecule has 3 rings (SSSR count). The molecule has 1 atom stereocenters. The monoisotopic (exact) mass is 402 g/mol. The standard InChI is InChI=1S/C19H16ClFN4O3/c1-3-19(27,23-14-6-4-12(9-22)16(20)10(14)2)18-25-24-17(28-18)11-5-7-15(26)13(21)8-11/h4-8,23,26-27H,3H2,1-2H3. The van der Waals surface area contributed by atoms with Crippen LogP contribution in [-0.4, -0.2) is 20.4 Å². The van der Waals surface area contributed by atoms with E-state index in [-0.39, 0.29) is 28.8 Å². The highest BCUT2D eigenvalue weighted by atomic mass is 35.5. The van der Waals surface area contributed by atoms with Gasteiger partial charge in [0, 0.05) is 17.7 Å². The molecular formula is C19H16ClFN4O3. The molecule has 1 unspecified atom stereocenters. The predicted octanol–water partition coefficient (Wildman–Crippen LogP) is 4.08.